The van der Waals surface area contributed by atoms with E-state index in [0.29, 0.717) is 6.54 Å². The Hall–Kier alpha value is -1.59. The average molecular weight is 320 g/mol. The largest absolute Gasteiger partial charge is 0.497 e. The first kappa shape index (κ1) is 17.8. The molecule has 0 aromatic heterocycles. The second-order valence-corrected chi connectivity index (χ2v) is 6.90. The highest BCUT2D eigenvalue weighted by Crippen LogP contribution is 2.24. The molecule has 1 aromatic rings. The maximum absolute atomic E-state index is 12.2. The Bertz CT molecular complexity index is 502. The second kappa shape index (κ2) is 7.79. The van der Waals surface area contributed by atoms with Gasteiger partial charge in [0.1, 0.15) is 5.75 Å². The molecule has 1 fully saturated rings. The molecule has 1 unspecified atom stereocenters. The van der Waals surface area contributed by atoms with Gasteiger partial charge in [-0.05, 0) is 17.7 Å². The van der Waals surface area contributed by atoms with Crippen LogP contribution in [0.25, 0.3) is 0 Å². The number of hydrogen-bond donors (Lipinski definition) is 1. The normalized spacial score (nSPS) is 17.6. The number of morpholine rings is 1. The highest BCUT2D eigenvalue weighted by molar-refractivity contribution is 5.81. The summed E-state index contributed by atoms with van der Waals surface area (Å²) in [4.78, 5) is 14.6. The van der Waals surface area contributed by atoms with E-state index in [2.05, 4.69) is 22.3 Å². The van der Waals surface area contributed by atoms with Gasteiger partial charge in [-0.15, -0.1) is 0 Å². The zero-order chi connectivity index (χ0) is 16.9. The van der Waals surface area contributed by atoms with Crippen molar-refractivity contribution in [3.05, 3.63) is 29.8 Å². The Morgan fingerprint density at radius 1 is 1.26 bits per heavy atom. The summed E-state index contributed by atoms with van der Waals surface area (Å²) in [6.45, 7) is 9.62. The predicted octanol–water partition coefficient (Wildman–Crippen LogP) is 2.23. The van der Waals surface area contributed by atoms with Crippen molar-refractivity contribution in [2.45, 2.75) is 26.8 Å². The molecule has 0 spiro atoms. The first-order valence-electron chi connectivity index (χ1n) is 8.16. The summed E-state index contributed by atoms with van der Waals surface area (Å²) in [6, 6.07) is 8.23. The van der Waals surface area contributed by atoms with Crippen molar-refractivity contribution in [2.24, 2.45) is 5.41 Å². The molecule has 1 aliphatic heterocycles. The molecule has 5 nitrogen and oxygen atoms in total. The summed E-state index contributed by atoms with van der Waals surface area (Å²) in [5, 5.41) is 3.09. The van der Waals surface area contributed by atoms with Crippen LogP contribution in [0.1, 0.15) is 32.4 Å². The molecule has 1 aromatic carbocycles. The Morgan fingerprint density at radius 2 is 1.87 bits per heavy atom. The summed E-state index contributed by atoms with van der Waals surface area (Å²) in [7, 11) is 1.66. The van der Waals surface area contributed by atoms with Gasteiger partial charge in [0.2, 0.25) is 5.91 Å². The van der Waals surface area contributed by atoms with Gasteiger partial charge in [0.05, 0.1) is 26.4 Å². The van der Waals surface area contributed by atoms with Crippen molar-refractivity contribution >= 4 is 5.91 Å². The molecule has 0 saturated carbocycles. The van der Waals surface area contributed by atoms with Crippen LogP contribution in [-0.2, 0) is 9.53 Å². The van der Waals surface area contributed by atoms with Crippen LogP contribution in [0.15, 0.2) is 24.3 Å². The third kappa shape index (κ3) is 4.94. The van der Waals surface area contributed by atoms with Crippen molar-refractivity contribution in [3.63, 3.8) is 0 Å². The molecular formula is C18H28N2O3. The Kier molecular flexibility index (Phi) is 6.02. The molecule has 1 atom stereocenters. The molecule has 0 radical (unpaired) electrons. The van der Waals surface area contributed by atoms with Gasteiger partial charge in [-0.1, -0.05) is 32.9 Å². The minimum atomic E-state index is -0.379. The van der Waals surface area contributed by atoms with E-state index in [0.717, 1.165) is 32.1 Å². The van der Waals surface area contributed by atoms with E-state index in [1.165, 1.54) is 5.56 Å². The van der Waals surface area contributed by atoms with Crippen molar-refractivity contribution in [1.82, 2.24) is 10.2 Å². The van der Waals surface area contributed by atoms with Crippen molar-refractivity contribution < 1.29 is 14.3 Å². The van der Waals surface area contributed by atoms with E-state index in [1.807, 2.05) is 32.9 Å². The molecule has 128 valence electrons. The Balaban J connectivity index is 2.12. The molecule has 1 aliphatic rings. The van der Waals surface area contributed by atoms with Crippen LogP contribution in [-0.4, -0.2) is 50.8 Å². The van der Waals surface area contributed by atoms with E-state index in [9.17, 15) is 4.79 Å². The number of ether oxygens (including phenoxy) is 2. The van der Waals surface area contributed by atoms with Gasteiger partial charge in [0, 0.05) is 25.0 Å². The molecule has 5 heteroatoms. The summed E-state index contributed by atoms with van der Waals surface area (Å²) in [5.41, 5.74) is 0.803. The van der Waals surface area contributed by atoms with Crippen LogP contribution in [0, 0.1) is 5.41 Å². The summed E-state index contributed by atoms with van der Waals surface area (Å²) >= 11 is 0. The quantitative estimate of drug-likeness (QED) is 0.904. The molecule has 1 N–H and O–H groups in total. The maximum atomic E-state index is 12.2. The zero-order valence-electron chi connectivity index (χ0n) is 14.6. The number of amides is 1. The standard InChI is InChI=1S/C18H28N2O3/c1-18(2,3)17(21)19-13-16(20-9-11-23-12-10-20)14-5-7-15(22-4)8-6-14/h5-8,16H,9-13H2,1-4H3,(H,19,21). The van der Waals surface area contributed by atoms with Gasteiger partial charge < -0.3 is 14.8 Å². The lowest BCUT2D eigenvalue weighted by atomic mass is 9.95. The molecule has 2 rings (SSSR count). The summed E-state index contributed by atoms with van der Waals surface area (Å²) in [6.07, 6.45) is 0. The number of nitrogens with zero attached hydrogens (tertiary/aromatic N) is 1. The number of carbonyl (C=O) groups excluding carboxylic acids is 1. The molecule has 0 bridgehead atoms. The van der Waals surface area contributed by atoms with E-state index in [1.54, 1.807) is 7.11 Å². The van der Waals surface area contributed by atoms with E-state index in [4.69, 9.17) is 9.47 Å². The minimum absolute atomic E-state index is 0.0734. The highest BCUT2D eigenvalue weighted by atomic mass is 16.5. The first-order valence-corrected chi connectivity index (χ1v) is 8.16. The van der Waals surface area contributed by atoms with Gasteiger partial charge in [-0.25, -0.2) is 0 Å². The van der Waals surface area contributed by atoms with E-state index in [-0.39, 0.29) is 17.4 Å². The van der Waals surface area contributed by atoms with Gasteiger partial charge in [0.25, 0.3) is 0 Å². The number of hydrogen-bond acceptors (Lipinski definition) is 4. The van der Waals surface area contributed by atoms with Crippen LogP contribution in [0.3, 0.4) is 0 Å². The lowest BCUT2D eigenvalue weighted by molar-refractivity contribution is -0.128. The smallest absolute Gasteiger partial charge is 0.225 e. The van der Waals surface area contributed by atoms with Crippen molar-refractivity contribution in [3.8, 4) is 5.75 Å². The maximum Gasteiger partial charge on any atom is 0.225 e. The predicted molar refractivity (Wildman–Crippen MR) is 90.6 cm³/mol. The van der Waals surface area contributed by atoms with E-state index >= 15 is 0 Å². The summed E-state index contributed by atoms with van der Waals surface area (Å²) in [5.74, 6) is 0.914. The molecule has 1 saturated heterocycles. The average Bonchev–Trinajstić information content (AvgIpc) is 2.55. The van der Waals surface area contributed by atoms with E-state index < -0.39 is 0 Å². The third-order valence-electron chi connectivity index (χ3n) is 4.12. The number of rotatable bonds is 5. The van der Waals surface area contributed by atoms with Gasteiger partial charge in [0.15, 0.2) is 0 Å². The Labute approximate surface area is 139 Å². The van der Waals surface area contributed by atoms with Crippen LogP contribution in [0.2, 0.25) is 0 Å². The van der Waals surface area contributed by atoms with Crippen LogP contribution < -0.4 is 10.1 Å². The second-order valence-electron chi connectivity index (χ2n) is 6.90. The first-order chi connectivity index (χ1) is 10.9. The molecule has 23 heavy (non-hydrogen) atoms. The number of benzene rings is 1. The lowest BCUT2D eigenvalue weighted by Gasteiger charge is -2.35. The zero-order valence-corrected chi connectivity index (χ0v) is 14.6. The molecule has 1 heterocycles. The number of methoxy groups -OCH3 is 1. The molecular weight excluding hydrogens is 292 g/mol. The topological polar surface area (TPSA) is 50.8 Å². The van der Waals surface area contributed by atoms with Gasteiger partial charge in [-0.3, -0.25) is 9.69 Å². The SMILES string of the molecule is COc1ccc(C(CNC(=O)C(C)(C)C)N2CCOCC2)cc1. The van der Waals surface area contributed by atoms with Gasteiger partial charge in [-0.2, -0.15) is 0 Å². The van der Waals surface area contributed by atoms with Crippen LogP contribution in [0.5, 0.6) is 5.75 Å². The summed E-state index contributed by atoms with van der Waals surface area (Å²) < 4.78 is 10.7. The fourth-order valence-electron chi connectivity index (χ4n) is 2.63. The fraction of sp³-hybridized carbons (Fsp3) is 0.611. The van der Waals surface area contributed by atoms with Gasteiger partial charge >= 0.3 is 0 Å². The van der Waals surface area contributed by atoms with Crippen molar-refractivity contribution in [1.29, 1.82) is 0 Å². The Morgan fingerprint density at radius 3 is 2.39 bits per heavy atom. The fourth-order valence-corrected chi connectivity index (χ4v) is 2.63. The number of carbonyl (C=O) groups is 1. The monoisotopic (exact) mass is 320 g/mol. The van der Waals surface area contributed by atoms with Crippen molar-refractivity contribution in [2.75, 3.05) is 40.0 Å². The number of nitrogens with one attached hydrogen (secondary N) is 1. The van der Waals surface area contributed by atoms with Crippen LogP contribution >= 0.6 is 0 Å². The highest BCUT2D eigenvalue weighted by Gasteiger charge is 2.26. The minimum Gasteiger partial charge on any atom is -0.497 e. The third-order valence-corrected chi connectivity index (χ3v) is 4.12. The van der Waals surface area contributed by atoms with Crippen LogP contribution in [0.4, 0.5) is 0 Å². The molecule has 0 aliphatic carbocycles. The molecule has 1 amide bonds. The lowest BCUT2D eigenvalue weighted by Crippen LogP contribution is -2.45.